The summed E-state index contributed by atoms with van der Waals surface area (Å²) in [5, 5.41) is 12.3. The first-order valence-corrected chi connectivity index (χ1v) is 9.44. The molecule has 1 amide bonds. The van der Waals surface area contributed by atoms with Gasteiger partial charge in [0.2, 0.25) is 5.78 Å². The third-order valence-electron chi connectivity index (χ3n) is 5.01. The van der Waals surface area contributed by atoms with E-state index < -0.39 is 17.7 Å². The van der Waals surface area contributed by atoms with Crippen molar-refractivity contribution in [1.82, 2.24) is 4.90 Å². The smallest absolute Gasteiger partial charge is 0.290 e. The summed E-state index contributed by atoms with van der Waals surface area (Å²) in [6.07, 6.45) is 6.56. The SMILES string of the molecule is O=C(C1=C(O)C(=O)N(C2CCCCC2)C1c1ccco1)c1cccs1. The Morgan fingerprint density at radius 3 is 2.64 bits per heavy atom. The molecule has 130 valence electrons. The first-order chi connectivity index (χ1) is 12.2. The Kier molecular flexibility index (Phi) is 4.21. The Morgan fingerprint density at radius 1 is 1.20 bits per heavy atom. The van der Waals surface area contributed by atoms with Crippen LogP contribution in [0.4, 0.5) is 0 Å². The van der Waals surface area contributed by atoms with Crippen LogP contribution in [-0.4, -0.2) is 27.7 Å². The fourth-order valence-corrected chi connectivity index (χ4v) is 4.54. The van der Waals surface area contributed by atoms with Gasteiger partial charge in [0.25, 0.3) is 5.91 Å². The van der Waals surface area contributed by atoms with Crippen LogP contribution in [0.1, 0.15) is 53.6 Å². The molecular formula is C19H19NO4S. The second-order valence-electron chi connectivity index (χ2n) is 6.49. The van der Waals surface area contributed by atoms with Crippen molar-refractivity contribution in [2.24, 2.45) is 0 Å². The van der Waals surface area contributed by atoms with Crippen molar-refractivity contribution in [1.29, 1.82) is 0 Å². The summed E-state index contributed by atoms with van der Waals surface area (Å²) < 4.78 is 5.54. The maximum atomic E-state index is 13.0. The lowest BCUT2D eigenvalue weighted by molar-refractivity contribution is -0.132. The van der Waals surface area contributed by atoms with Gasteiger partial charge in [-0.1, -0.05) is 25.3 Å². The number of rotatable bonds is 4. The van der Waals surface area contributed by atoms with E-state index in [0.29, 0.717) is 10.6 Å². The van der Waals surface area contributed by atoms with Crippen LogP contribution >= 0.6 is 11.3 Å². The van der Waals surface area contributed by atoms with Crippen molar-refractivity contribution in [3.63, 3.8) is 0 Å². The Morgan fingerprint density at radius 2 is 2.00 bits per heavy atom. The van der Waals surface area contributed by atoms with Crippen LogP contribution in [0, 0.1) is 0 Å². The fourth-order valence-electron chi connectivity index (χ4n) is 3.86. The quantitative estimate of drug-likeness (QED) is 0.830. The van der Waals surface area contributed by atoms with E-state index in [1.165, 1.54) is 17.6 Å². The summed E-state index contributed by atoms with van der Waals surface area (Å²) in [6.45, 7) is 0. The lowest BCUT2D eigenvalue weighted by Crippen LogP contribution is -2.41. The van der Waals surface area contributed by atoms with Gasteiger partial charge >= 0.3 is 0 Å². The zero-order valence-electron chi connectivity index (χ0n) is 13.7. The number of aliphatic hydroxyl groups excluding tert-OH is 1. The lowest BCUT2D eigenvalue weighted by Gasteiger charge is -2.35. The van der Waals surface area contributed by atoms with E-state index in [1.54, 1.807) is 29.2 Å². The van der Waals surface area contributed by atoms with E-state index in [0.717, 1.165) is 32.1 Å². The van der Waals surface area contributed by atoms with Crippen molar-refractivity contribution in [3.05, 3.63) is 57.9 Å². The van der Waals surface area contributed by atoms with E-state index in [4.69, 9.17) is 4.42 Å². The van der Waals surface area contributed by atoms with Gasteiger partial charge in [0, 0.05) is 6.04 Å². The predicted molar refractivity (Wildman–Crippen MR) is 93.5 cm³/mol. The van der Waals surface area contributed by atoms with Gasteiger partial charge in [-0.15, -0.1) is 11.3 Å². The Labute approximate surface area is 149 Å². The van der Waals surface area contributed by atoms with Crippen LogP contribution in [-0.2, 0) is 4.79 Å². The summed E-state index contributed by atoms with van der Waals surface area (Å²) in [5.41, 5.74) is 0.132. The highest BCUT2D eigenvalue weighted by molar-refractivity contribution is 7.12. The molecule has 1 aliphatic carbocycles. The van der Waals surface area contributed by atoms with Crippen molar-refractivity contribution in [2.45, 2.75) is 44.2 Å². The minimum Gasteiger partial charge on any atom is -0.503 e. The minimum atomic E-state index is -0.653. The number of thiophene rings is 1. The Bertz CT molecular complexity index is 801. The number of carbonyl (C=O) groups excluding carboxylic acids is 2. The average Bonchev–Trinajstić information content (AvgIpc) is 3.37. The molecular weight excluding hydrogens is 338 g/mol. The van der Waals surface area contributed by atoms with Gasteiger partial charge in [-0.3, -0.25) is 9.59 Å². The normalized spacial score (nSPS) is 22.0. The molecule has 1 unspecified atom stereocenters. The van der Waals surface area contributed by atoms with Gasteiger partial charge in [-0.2, -0.15) is 0 Å². The van der Waals surface area contributed by atoms with Crippen LogP contribution in [0.5, 0.6) is 0 Å². The van der Waals surface area contributed by atoms with E-state index in [2.05, 4.69) is 0 Å². The average molecular weight is 357 g/mol. The largest absolute Gasteiger partial charge is 0.503 e. The molecule has 1 atom stereocenters. The second kappa shape index (κ2) is 6.52. The summed E-state index contributed by atoms with van der Waals surface area (Å²) >= 11 is 1.30. The Balaban J connectivity index is 1.78. The van der Waals surface area contributed by atoms with Gasteiger partial charge in [0.05, 0.1) is 16.7 Å². The first kappa shape index (κ1) is 16.1. The fraction of sp³-hybridized carbons (Fsp3) is 0.368. The molecule has 6 heteroatoms. The minimum absolute atomic E-state index is 0.0205. The molecule has 1 aliphatic heterocycles. The zero-order valence-corrected chi connectivity index (χ0v) is 14.5. The van der Waals surface area contributed by atoms with Crippen LogP contribution in [0.15, 0.2) is 51.7 Å². The molecule has 25 heavy (non-hydrogen) atoms. The molecule has 5 nitrogen and oxygen atoms in total. The molecule has 0 spiro atoms. The van der Waals surface area contributed by atoms with Crippen LogP contribution in [0.25, 0.3) is 0 Å². The second-order valence-corrected chi connectivity index (χ2v) is 7.44. The summed E-state index contributed by atoms with van der Waals surface area (Å²) in [4.78, 5) is 28.0. The Hall–Kier alpha value is -2.34. The van der Waals surface area contributed by atoms with Crippen molar-refractivity contribution in [3.8, 4) is 0 Å². The van der Waals surface area contributed by atoms with E-state index >= 15 is 0 Å². The van der Waals surface area contributed by atoms with Crippen LogP contribution in [0.2, 0.25) is 0 Å². The van der Waals surface area contributed by atoms with Gasteiger partial charge in [-0.05, 0) is 36.4 Å². The lowest BCUT2D eigenvalue weighted by atomic mass is 9.92. The number of furan rings is 1. The molecule has 3 heterocycles. The standard InChI is InChI=1S/C19H19NO4S/c21-17(14-9-5-11-25-14)15-16(13-8-4-10-24-13)20(19(23)18(15)22)12-6-2-1-3-7-12/h4-5,8-12,16,22H,1-3,6-7H2. The molecule has 0 aromatic carbocycles. The number of Topliss-reactive ketones (excluding diaryl/α,β-unsaturated/α-hetero) is 1. The first-order valence-electron chi connectivity index (χ1n) is 8.56. The molecule has 1 fully saturated rings. The molecule has 2 aromatic heterocycles. The van der Waals surface area contributed by atoms with Gasteiger partial charge in [0.1, 0.15) is 11.8 Å². The number of hydrogen-bond donors (Lipinski definition) is 1. The molecule has 0 bridgehead atoms. The van der Waals surface area contributed by atoms with Gasteiger partial charge < -0.3 is 14.4 Å². The topological polar surface area (TPSA) is 70.8 Å². The number of amides is 1. The third kappa shape index (κ3) is 2.70. The zero-order chi connectivity index (χ0) is 17.4. The molecule has 2 aromatic rings. The predicted octanol–water partition coefficient (Wildman–Crippen LogP) is 4.25. The van der Waals surface area contributed by atoms with Gasteiger partial charge in [0.15, 0.2) is 5.76 Å². The van der Waals surface area contributed by atoms with Crippen LogP contribution in [0.3, 0.4) is 0 Å². The number of nitrogens with zero attached hydrogens (tertiary/aromatic N) is 1. The summed E-state index contributed by atoms with van der Waals surface area (Å²) in [6, 6.07) is 6.36. The third-order valence-corrected chi connectivity index (χ3v) is 5.88. The number of ketones is 1. The summed E-state index contributed by atoms with van der Waals surface area (Å²) in [5.74, 6) is -0.693. The number of hydrogen-bond acceptors (Lipinski definition) is 5. The van der Waals surface area contributed by atoms with Crippen LogP contribution < -0.4 is 0 Å². The highest BCUT2D eigenvalue weighted by Crippen LogP contribution is 2.43. The molecule has 1 saturated carbocycles. The maximum Gasteiger partial charge on any atom is 0.290 e. The monoisotopic (exact) mass is 357 g/mol. The molecule has 4 rings (SSSR count). The molecule has 1 N–H and O–H groups in total. The number of aliphatic hydroxyl groups is 1. The van der Waals surface area contributed by atoms with E-state index in [-0.39, 0.29) is 17.4 Å². The van der Waals surface area contributed by atoms with E-state index in [1.807, 2.05) is 5.38 Å². The molecule has 0 radical (unpaired) electrons. The van der Waals surface area contributed by atoms with Crippen molar-refractivity contribution < 1.29 is 19.1 Å². The molecule has 2 aliphatic rings. The molecule has 0 saturated heterocycles. The maximum absolute atomic E-state index is 13.0. The number of carbonyl (C=O) groups is 2. The van der Waals surface area contributed by atoms with Crippen molar-refractivity contribution >= 4 is 23.0 Å². The highest BCUT2D eigenvalue weighted by atomic mass is 32.1. The van der Waals surface area contributed by atoms with Gasteiger partial charge in [-0.25, -0.2) is 0 Å². The van der Waals surface area contributed by atoms with E-state index in [9.17, 15) is 14.7 Å². The van der Waals surface area contributed by atoms with Crippen molar-refractivity contribution in [2.75, 3.05) is 0 Å². The summed E-state index contributed by atoms with van der Waals surface area (Å²) in [7, 11) is 0. The highest BCUT2D eigenvalue weighted by Gasteiger charge is 2.48.